The zero-order chi connectivity index (χ0) is 13.1. The number of rotatable bonds is 4. The number of ether oxygens (including phenoxy) is 1. The predicted molar refractivity (Wildman–Crippen MR) is 67.5 cm³/mol. The standard InChI is InChI=1S/C13H17ClO3/c1-13(2,3)11(12(15)16)8-17-10-6-4-5-9(14)7-10/h4-7,11H,8H2,1-3H3,(H,15,16). The molecule has 0 radical (unpaired) electrons. The van der Waals surface area contributed by atoms with Crippen molar-refractivity contribution in [1.29, 1.82) is 0 Å². The highest BCUT2D eigenvalue weighted by Gasteiger charge is 2.31. The summed E-state index contributed by atoms with van der Waals surface area (Å²) in [5.74, 6) is -0.811. The van der Waals surface area contributed by atoms with Crippen LogP contribution >= 0.6 is 11.6 Å². The summed E-state index contributed by atoms with van der Waals surface area (Å²) in [4.78, 5) is 11.1. The first-order valence-electron chi connectivity index (χ1n) is 5.42. The largest absolute Gasteiger partial charge is 0.493 e. The Labute approximate surface area is 106 Å². The van der Waals surface area contributed by atoms with E-state index in [0.29, 0.717) is 10.8 Å². The van der Waals surface area contributed by atoms with Crippen LogP contribution in [0.2, 0.25) is 5.02 Å². The average molecular weight is 257 g/mol. The lowest BCUT2D eigenvalue weighted by Gasteiger charge is -2.26. The van der Waals surface area contributed by atoms with Crippen LogP contribution in [0.25, 0.3) is 0 Å². The summed E-state index contributed by atoms with van der Waals surface area (Å²) in [5, 5.41) is 9.71. The molecule has 1 atom stereocenters. The molecule has 4 heteroatoms. The third-order valence-corrected chi connectivity index (χ3v) is 2.79. The number of carbonyl (C=O) groups is 1. The van der Waals surface area contributed by atoms with Crippen molar-refractivity contribution in [3.05, 3.63) is 29.3 Å². The third kappa shape index (κ3) is 4.27. The van der Waals surface area contributed by atoms with Crippen LogP contribution in [0.4, 0.5) is 0 Å². The Morgan fingerprint density at radius 2 is 2.12 bits per heavy atom. The van der Waals surface area contributed by atoms with Crippen molar-refractivity contribution in [2.75, 3.05) is 6.61 Å². The monoisotopic (exact) mass is 256 g/mol. The van der Waals surface area contributed by atoms with Gasteiger partial charge in [-0.1, -0.05) is 38.4 Å². The molecule has 1 N–H and O–H groups in total. The SMILES string of the molecule is CC(C)(C)C(COc1cccc(Cl)c1)C(=O)O. The van der Waals surface area contributed by atoms with E-state index in [2.05, 4.69) is 0 Å². The molecule has 3 nitrogen and oxygen atoms in total. The third-order valence-electron chi connectivity index (χ3n) is 2.56. The molecule has 1 unspecified atom stereocenters. The summed E-state index contributed by atoms with van der Waals surface area (Å²) < 4.78 is 5.47. The molecule has 1 aromatic carbocycles. The highest BCUT2D eigenvalue weighted by molar-refractivity contribution is 6.30. The molecular weight excluding hydrogens is 240 g/mol. The van der Waals surface area contributed by atoms with Crippen LogP contribution in [0.5, 0.6) is 5.75 Å². The van der Waals surface area contributed by atoms with Gasteiger partial charge in [-0.2, -0.15) is 0 Å². The van der Waals surface area contributed by atoms with E-state index < -0.39 is 11.9 Å². The molecule has 1 rings (SSSR count). The second-order valence-corrected chi connectivity index (χ2v) is 5.46. The number of carboxylic acids is 1. The molecule has 0 saturated carbocycles. The summed E-state index contributed by atoms with van der Waals surface area (Å²) in [7, 11) is 0. The first-order valence-corrected chi connectivity index (χ1v) is 5.79. The van der Waals surface area contributed by atoms with E-state index in [9.17, 15) is 4.79 Å². The van der Waals surface area contributed by atoms with Gasteiger partial charge in [-0.25, -0.2) is 0 Å². The number of benzene rings is 1. The number of aliphatic carboxylic acids is 1. The quantitative estimate of drug-likeness (QED) is 0.897. The molecule has 0 aliphatic rings. The van der Waals surface area contributed by atoms with Gasteiger partial charge in [0, 0.05) is 5.02 Å². The Kier molecular flexibility index (Phi) is 4.40. The lowest BCUT2D eigenvalue weighted by molar-refractivity contribution is -0.146. The molecular formula is C13H17ClO3. The molecule has 0 aliphatic carbocycles. The Bertz CT molecular complexity index is 396. The fourth-order valence-corrected chi connectivity index (χ4v) is 1.61. The van der Waals surface area contributed by atoms with Crippen LogP contribution in [0.3, 0.4) is 0 Å². The van der Waals surface area contributed by atoms with E-state index in [0.717, 1.165) is 0 Å². The Hall–Kier alpha value is -1.22. The molecule has 0 saturated heterocycles. The van der Waals surface area contributed by atoms with Gasteiger partial charge < -0.3 is 9.84 Å². The van der Waals surface area contributed by atoms with Crippen LogP contribution in [0, 0.1) is 11.3 Å². The maximum Gasteiger partial charge on any atom is 0.310 e. The van der Waals surface area contributed by atoms with Gasteiger partial charge in [0.1, 0.15) is 12.4 Å². The number of carboxylic acid groups (broad SMARTS) is 1. The van der Waals surface area contributed by atoms with Crippen molar-refractivity contribution < 1.29 is 14.6 Å². The van der Waals surface area contributed by atoms with E-state index in [1.54, 1.807) is 24.3 Å². The van der Waals surface area contributed by atoms with Gasteiger partial charge in [-0.3, -0.25) is 4.79 Å². The fourth-order valence-electron chi connectivity index (χ4n) is 1.43. The van der Waals surface area contributed by atoms with Crippen molar-refractivity contribution in [2.24, 2.45) is 11.3 Å². The van der Waals surface area contributed by atoms with Crippen molar-refractivity contribution >= 4 is 17.6 Å². The lowest BCUT2D eigenvalue weighted by atomic mass is 9.81. The smallest absolute Gasteiger partial charge is 0.310 e. The highest BCUT2D eigenvalue weighted by Crippen LogP contribution is 2.27. The minimum Gasteiger partial charge on any atom is -0.493 e. The summed E-state index contributed by atoms with van der Waals surface area (Å²) >= 11 is 5.82. The van der Waals surface area contributed by atoms with E-state index in [4.69, 9.17) is 21.4 Å². The molecule has 1 aromatic rings. The van der Waals surface area contributed by atoms with Crippen LogP contribution in [0.15, 0.2) is 24.3 Å². The molecule has 0 amide bonds. The van der Waals surface area contributed by atoms with E-state index in [1.165, 1.54) is 0 Å². The van der Waals surface area contributed by atoms with Crippen LogP contribution < -0.4 is 4.74 Å². The lowest BCUT2D eigenvalue weighted by Crippen LogP contribution is -2.33. The van der Waals surface area contributed by atoms with E-state index in [-0.39, 0.29) is 12.0 Å². The van der Waals surface area contributed by atoms with Crippen molar-refractivity contribution in [3.8, 4) is 5.75 Å². The van der Waals surface area contributed by atoms with Crippen molar-refractivity contribution in [2.45, 2.75) is 20.8 Å². The zero-order valence-electron chi connectivity index (χ0n) is 10.2. The minimum atomic E-state index is -0.848. The maximum absolute atomic E-state index is 11.1. The molecule has 0 aliphatic heterocycles. The molecule has 94 valence electrons. The second kappa shape index (κ2) is 5.41. The van der Waals surface area contributed by atoms with Gasteiger partial charge >= 0.3 is 5.97 Å². The molecule has 0 fully saturated rings. The zero-order valence-corrected chi connectivity index (χ0v) is 11.0. The molecule has 0 heterocycles. The normalized spacial score (nSPS) is 13.2. The summed E-state index contributed by atoms with van der Waals surface area (Å²) in [6.45, 7) is 5.78. The van der Waals surface area contributed by atoms with Gasteiger partial charge in [0.05, 0.1) is 5.92 Å². The van der Waals surface area contributed by atoms with Crippen LogP contribution in [-0.2, 0) is 4.79 Å². The van der Waals surface area contributed by atoms with E-state index in [1.807, 2.05) is 20.8 Å². The fraction of sp³-hybridized carbons (Fsp3) is 0.462. The topological polar surface area (TPSA) is 46.5 Å². The second-order valence-electron chi connectivity index (χ2n) is 5.03. The summed E-state index contributed by atoms with van der Waals surface area (Å²) in [6, 6.07) is 6.94. The molecule has 0 bridgehead atoms. The first-order chi connectivity index (χ1) is 7.80. The van der Waals surface area contributed by atoms with Crippen molar-refractivity contribution in [3.63, 3.8) is 0 Å². The van der Waals surface area contributed by atoms with E-state index >= 15 is 0 Å². The molecule has 0 spiro atoms. The highest BCUT2D eigenvalue weighted by atomic mass is 35.5. The Morgan fingerprint density at radius 1 is 1.47 bits per heavy atom. The predicted octanol–water partition coefficient (Wildman–Crippen LogP) is 3.47. The summed E-state index contributed by atoms with van der Waals surface area (Å²) in [6.07, 6.45) is 0. The first kappa shape index (κ1) is 13.8. The number of hydrogen-bond acceptors (Lipinski definition) is 2. The van der Waals surface area contributed by atoms with Gasteiger partial charge in [-0.05, 0) is 23.6 Å². The number of hydrogen-bond donors (Lipinski definition) is 1. The molecule has 0 aromatic heterocycles. The summed E-state index contributed by atoms with van der Waals surface area (Å²) in [5.41, 5.74) is -0.343. The Balaban J connectivity index is 2.68. The average Bonchev–Trinajstić information content (AvgIpc) is 2.15. The minimum absolute atomic E-state index is 0.138. The Morgan fingerprint density at radius 3 is 2.59 bits per heavy atom. The van der Waals surface area contributed by atoms with Gasteiger partial charge in [-0.15, -0.1) is 0 Å². The van der Waals surface area contributed by atoms with Crippen molar-refractivity contribution in [1.82, 2.24) is 0 Å². The van der Waals surface area contributed by atoms with Crippen LogP contribution in [-0.4, -0.2) is 17.7 Å². The molecule has 17 heavy (non-hydrogen) atoms. The van der Waals surface area contributed by atoms with Gasteiger partial charge in [0.15, 0.2) is 0 Å². The van der Waals surface area contributed by atoms with Gasteiger partial charge in [0.2, 0.25) is 0 Å². The number of halogens is 1. The van der Waals surface area contributed by atoms with Crippen LogP contribution in [0.1, 0.15) is 20.8 Å². The van der Waals surface area contributed by atoms with Gasteiger partial charge in [0.25, 0.3) is 0 Å². The maximum atomic E-state index is 11.1.